The van der Waals surface area contributed by atoms with Crippen LogP contribution in [0.3, 0.4) is 0 Å². The lowest BCUT2D eigenvalue weighted by Crippen LogP contribution is -2.51. The van der Waals surface area contributed by atoms with Gasteiger partial charge in [-0.1, -0.05) is 11.8 Å². The number of nitrogens with one attached hydrogen (secondary N) is 2. The molecule has 0 radical (unpaired) electrons. The third-order valence-corrected chi connectivity index (χ3v) is 6.34. The number of anilines is 1. The molecule has 1 aliphatic rings. The fraction of sp³-hybridized carbons (Fsp3) is 0.588. The van der Waals surface area contributed by atoms with Gasteiger partial charge in [-0.2, -0.15) is 5.10 Å². The molecule has 1 fully saturated rings. The summed E-state index contributed by atoms with van der Waals surface area (Å²) in [5, 5.41) is 13.3. The second kappa shape index (κ2) is 11.7. The summed E-state index contributed by atoms with van der Waals surface area (Å²) < 4.78 is 3.00. The van der Waals surface area contributed by atoms with Gasteiger partial charge in [-0.05, 0) is 19.3 Å². The summed E-state index contributed by atoms with van der Waals surface area (Å²) in [5.74, 6) is 1.96. The first-order chi connectivity index (χ1) is 12.7. The Kier molecular flexibility index (Phi) is 9.69. The van der Waals surface area contributed by atoms with Crippen molar-refractivity contribution >= 4 is 58.7 Å². The molecule has 1 aliphatic heterocycles. The van der Waals surface area contributed by atoms with Gasteiger partial charge in [-0.25, -0.2) is 4.98 Å². The summed E-state index contributed by atoms with van der Waals surface area (Å²) in [6.07, 6.45) is 9.30. The molecule has 10 heteroatoms. The molecule has 7 nitrogen and oxygen atoms in total. The van der Waals surface area contributed by atoms with E-state index in [1.54, 1.807) is 11.3 Å². The minimum atomic E-state index is 0. The Hall–Kier alpha value is -1.01. The average molecular weight is 521 g/mol. The predicted molar refractivity (Wildman–Crippen MR) is 126 cm³/mol. The number of hydrogen-bond donors (Lipinski definition) is 2. The molecule has 2 aromatic heterocycles. The van der Waals surface area contributed by atoms with Gasteiger partial charge >= 0.3 is 0 Å². The van der Waals surface area contributed by atoms with Crippen LogP contribution in [0.1, 0.15) is 19.3 Å². The number of guanidine groups is 1. The van der Waals surface area contributed by atoms with E-state index in [9.17, 15) is 0 Å². The highest BCUT2D eigenvalue weighted by atomic mass is 127. The van der Waals surface area contributed by atoms with Crippen LogP contribution in [0, 0.1) is 0 Å². The SMILES string of the molecule is CN=C(NCCCSc1nccs1)NC1CCCN(c2cnn(C)c2)C1.I. The normalized spacial score (nSPS) is 17.5. The van der Waals surface area contributed by atoms with E-state index in [1.807, 2.05) is 48.3 Å². The van der Waals surface area contributed by atoms with Crippen LogP contribution in [-0.2, 0) is 7.05 Å². The van der Waals surface area contributed by atoms with Crippen LogP contribution in [0.2, 0.25) is 0 Å². The van der Waals surface area contributed by atoms with Crippen LogP contribution in [0.25, 0.3) is 0 Å². The van der Waals surface area contributed by atoms with E-state index in [1.165, 1.54) is 12.1 Å². The molecule has 2 aromatic rings. The zero-order valence-electron chi connectivity index (χ0n) is 15.8. The van der Waals surface area contributed by atoms with Gasteiger partial charge in [-0.15, -0.1) is 35.3 Å². The van der Waals surface area contributed by atoms with Crippen LogP contribution in [0.15, 0.2) is 33.3 Å². The second-order valence-electron chi connectivity index (χ2n) is 6.30. The number of aliphatic imine (C=N–C) groups is 1. The van der Waals surface area contributed by atoms with Crippen molar-refractivity contribution in [1.29, 1.82) is 0 Å². The Balaban J connectivity index is 0.00000261. The maximum absolute atomic E-state index is 4.37. The van der Waals surface area contributed by atoms with Crippen molar-refractivity contribution in [1.82, 2.24) is 25.4 Å². The topological polar surface area (TPSA) is 70.4 Å². The number of nitrogens with zero attached hydrogens (tertiary/aromatic N) is 5. The van der Waals surface area contributed by atoms with E-state index >= 15 is 0 Å². The van der Waals surface area contributed by atoms with Crippen molar-refractivity contribution in [2.75, 3.05) is 37.3 Å². The van der Waals surface area contributed by atoms with E-state index in [0.29, 0.717) is 6.04 Å². The number of aryl methyl sites for hydroxylation is 1. The fourth-order valence-corrected chi connectivity index (χ4v) is 4.66. The summed E-state index contributed by atoms with van der Waals surface area (Å²) in [6, 6.07) is 0.403. The zero-order valence-corrected chi connectivity index (χ0v) is 19.8. The highest BCUT2D eigenvalue weighted by Crippen LogP contribution is 2.20. The maximum atomic E-state index is 4.37. The van der Waals surface area contributed by atoms with Gasteiger partial charge in [0, 0.05) is 63.3 Å². The summed E-state index contributed by atoms with van der Waals surface area (Å²) in [6.45, 7) is 2.98. The largest absolute Gasteiger partial charge is 0.367 e. The summed E-state index contributed by atoms with van der Waals surface area (Å²) in [4.78, 5) is 11.1. The third kappa shape index (κ3) is 7.15. The molecule has 0 bridgehead atoms. The quantitative estimate of drug-likeness (QED) is 0.192. The molecule has 3 rings (SSSR count). The minimum Gasteiger partial charge on any atom is -0.367 e. The smallest absolute Gasteiger partial charge is 0.191 e. The Bertz CT molecular complexity index is 689. The van der Waals surface area contributed by atoms with Crippen molar-refractivity contribution in [2.24, 2.45) is 12.0 Å². The van der Waals surface area contributed by atoms with Crippen molar-refractivity contribution < 1.29 is 0 Å². The van der Waals surface area contributed by atoms with Gasteiger partial charge in [-0.3, -0.25) is 9.67 Å². The zero-order chi connectivity index (χ0) is 18.2. The molecule has 0 aromatic carbocycles. The highest BCUT2D eigenvalue weighted by molar-refractivity contribution is 14.0. The van der Waals surface area contributed by atoms with Crippen LogP contribution in [-0.4, -0.2) is 59.2 Å². The Morgan fingerprint density at radius 1 is 1.48 bits per heavy atom. The van der Waals surface area contributed by atoms with Crippen LogP contribution in [0.4, 0.5) is 5.69 Å². The van der Waals surface area contributed by atoms with Crippen LogP contribution >= 0.6 is 47.1 Å². The Morgan fingerprint density at radius 3 is 3.07 bits per heavy atom. The Morgan fingerprint density at radius 2 is 2.37 bits per heavy atom. The van der Waals surface area contributed by atoms with E-state index in [-0.39, 0.29) is 24.0 Å². The van der Waals surface area contributed by atoms with Gasteiger partial charge in [0.15, 0.2) is 5.96 Å². The first-order valence-corrected chi connectivity index (χ1v) is 10.8. The molecule has 0 spiro atoms. The van der Waals surface area contributed by atoms with Gasteiger partial charge in [0.05, 0.1) is 11.9 Å². The third-order valence-electron chi connectivity index (χ3n) is 4.29. The lowest BCUT2D eigenvalue weighted by atomic mass is 10.1. The number of thioether (sulfide) groups is 1. The first-order valence-electron chi connectivity index (χ1n) is 8.97. The van der Waals surface area contributed by atoms with Crippen LogP contribution in [0.5, 0.6) is 0 Å². The summed E-state index contributed by atoms with van der Waals surface area (Å²) in [5.41, 5.74) is 1.20. The van der Waals surface area contributed by atoms with E-state index in [2.05, 4.69) is 36.8 Å². The van der Waals surface area contributed by atoms with Crippen molar-refractivity contribution in [3.05, 3.63) is 24.0 Å². The lowest BCUT2D eigenvalue weighted by molar-refractivity contribution is 0.468. The molecule has 0 saturated carbocycles. The van der Waals surface area contributed by atoms with E-state index in [0.717, 1.165) is 48.5 Å². The standard InChI is InChI=1S/C17H27N7S2.HI/c1-18-16(19-6-4-9-25-17-20-7-10-26-17)22-14-5-3-8-24(12-14)15-11-21-23(2)13-15;/h7,10-11,13-14H,3-6,8-9,12H2,1-2H3,(H2,18,19,22);1H. The molecule has 0 amide bonds. The number of rotatable bonds is 7. The van der Waals surface area contributed by atoms with E-state index in [4.69, 9.17) is 0 Å². The van der Waals surface area contributed by atoms with Gasteiger partial charge in [0.2, 0.25) is 0 Å². The fourth-order valence-electron chi connectivity index (χ4n) is 3.01. The number of piperidine rings is 1. The maximum Gasteiger partial charge on any atom is 0.191 e. The lowest BCUT2D eigenvalue weighted by Gasteiger charge is -2.34. The molecular formula is C17H28IN7S2. The molecule has 3 heterocycles. The molecule has 150 valence electrons. The number of hydrogen-bond acceptors (Lipinski definition) is 6. The van der Waals surface area contributed by atoms with Gasteiger partial charge < -0.3 is 15.5 Å². The molecular weight excluding hydrogens is 493 g/mol. The van der Waals surface area contributed by atoms with Crippen molar-refractivity contribution in [2.45, 2.75) is 29.6 Å². The number of halogens is 1. The molecule has 0 aliphatic carbocycles. The first kappa shape index (κ1) is 22.3. The second-order valence-corrected chi connectivity index (χ2v) is 8.54. The van der Waals surface area contributed by atoms with Crippen LogP contribution < -0.4 is 15.5 Å². The molecule has 1 atom stereocenters. The van der Waals surface area contributed by atoms with Gasteiger partial charge in [0.25, 0.3) is 0 Å². The summed E-state index contributed by atoms with van der Waals surface area (Å²) >= 11 is 3.51. The molecule has 2 N–H and O–H groups in total. The minimum absolute atomic E-state index is 0. The Labute approximate surface area is 186 Å². The number of aromatic nitrogens is 3. The molecule has 27 heavy (non-hydrogen) atoms. The van der Waals surface area contributed by atoms with E-state index < -0.39 is 0 Å². The molecule has 1 unspecified atom stereocenters. The average Bonchev–Trinajstić information content (AvgIpc) is 3.32. The number of thiazole rings is 1. The van der Waals surface area contributed by atoms with Crippen molar-refractivity contribution in [3.8, 4) is 0 Å². The molecule has 1 saturated heterocycles. The highest BCUT2D eigenvalue weighted by Gasteiger charge is 2.21. The van der Waals surface area contributed by atoms with Crippen molar-refractivity contribution in [3.63, 3.8) is 0 Å². The predicted octanol–water partition coefficient (Wildman–Crippen LogP) is 2.81. The van der Waals surface area contributed by atoms with Gasteiger partial charge in [0.1, 0.15) is 4.34 Å². The summed E-state index contributed by atoms with van der Waals surface area (Å²) in [7, 11) is 3.79. The monoisotopic (exact) mass is 521 g/mol.